The summed E-state index contributed by atoms with van der Waals surface area (Å²) in [4.78, 5) is 17.1. The van der Waals surface area contributed by atoms with Gasteiger partial charge < -0.3 is 15.0 Å². The Morgan fingerprint density at radius 2 is 1.81 bits per heavy atom. The zero-order chi connectivity index (χ0) is 18.3. The molecule has 3 heterocycles. The number of amides is 1. The van der Waals surface area contributed by atoms with Crippen molar-refractivity contribution in [2.45, 2.75) is 50.7 Å². The topological polar surface area (TPSA) is 41.6 Å². The predicted molar refractivity (Wildman–Crippen MR) is 113 cm³/mol. The largest absolute Gasteiger partial charge is 0.497 e. The maximum Gasteiger partial charge on any atom is 0.263 e. The number of hydrogen-bond donors (Lipinski definition) is 1. The number of halogens is 1. The standard InChI is InChI=1S/C21H26N2O2S.ClH/c1-13-19(14-4-8-18(25-3)9-5-14)12-20(26-13)21(24)23(2)17-10-15-6-7-16(11-17)22-15;/h4-5,8-9,12,15-17,22H,6-7,10-11H2,1-3H3;1H. The lowest BCUT2D eigenvalue weighted by atomic mass is 9.98. The van der Waals surface area contributed by atoms with Gasteiger partial charge in [0.15, 0.2) is 0 Å². The second-order valence-corrected chi connectivity index (χ2v) is 8.74. The molecule has 2 bridgehead atoms. The van der Waals surface area contributed by atoms with E-state index in [-0.39, 0.29) is 18.3 Å². The molecule has 2 aliphatic rings. The van der Waals surface area contributed by atoms with E-state index in [1.807, 2.05) is 24.1 Å². The molecule has 0 saturated carbocycles. The van der Waals surface area contributed by atoms with Crippen molar-refractivity contribution in [1.29, 1.82) is 0 Å². The average Bonchev–Trinajstić information content (AvgIpc) is 3.22. The fourth-order valence-electron chi connectivity index (χ4n) is 4.33. The molecule has 0 spiro atoms. The molecule has 0 radical (unpaired) electrons. The molecule has 0 aliphatic carbocycles. The van der Waals surface area contributed by atoms with Crippen molar-refractivity contribution < 1.29 is 9.53 Å². The van der Waals surface area contributed by atoms with Gasteiger partial charge in [-0.3, -0.25) is 4.79 Å². The van der Waals surface area contributed by atoms with E-state index in [2.05, 4.69) is 30.4 Å². The van der Waals surface area contributed by atoms with Gasteiger partial charge in [0.05, 0.1) is 12.0 Å². The first-order chi connectivity index (χ1) is 12.5. The van der Waals surface area contributed by atoms with Crippen LogP contribution in [0.4, 0.5) is 0 Å². The molecule has 2 fully saturated rings. The van der Waals surface area contributed by atoms with E-state index >= 15 is 0 Å². The lowest BCUT2D eigenvalue weighted by Gasteiger charge is -2.35. The van der Waals surface area contributed by atoms with Gasteiger partial charge in [-0.2, -0.15) is 0 Å². The third kappa shape index (κ3) is 4.00. The Labute approximate surface area is 171 Å². The van der Waals surface area contributed by atoms with Crippen LogP contribution in [0.25, 0.3) is 11.1 Å². The summed E-state index contributed by atoms with van der Waals surface area (Å²) in [5, 5.41) is 3.65. The Morgan fingerprint density at radius 3 is 2.41 bits per heavy atom. The highest BCUT2D eigenvalue weighted by molar-refractivity contribution is 7.14. The maximum absolute atomic E-state index is 13.1. The molecule has 27 heavy (non-hydrogen) atoms. The van der Waals surface area contributed by atoms with Gasteiger partial charge in [-0.05, 0) is 61.9 Å². The average molecular weight is 407 g/mol. The van der Waals surface area contributed by atoms with Crippen LogP contribution in [0.3, 0.4) is 0 Å². The van der Waals surface area contributed by atoms with Crippen LogP contribution in [0, 0.1) is 6.92 Å². The molecular formula is C21H27ClN2O2S. The SMILES string of the molecule is COc1ccc(-c2cc(C(=O)N(C)C3CC4CCC(C3)N4)sc2C)cc1.Cl. The summed E-state index contributed by atoms with van der Waals surface area (Å²) in [6.07, 6.45) is 4.66. The normalized spacial score (nSPS) is 23.6. The molecule has 1 aromatic heterocycles. The lowest BCUT2D eigenvalue weighted by molar-refractivity contribution is 0.0686. The number of thiophene rings is 1. The number of fused-ring (bicyclic) bond motifs is 2. The molecule has 4 rings (SSSR count). The van der Waals surface area contributed by atoms with Crippen LogP contribution in [0.5, 0.6) is 5.75 Å². The number of ether oxygens (including phenoxy) is 1. The van der Waals surface area contributed by atoms with Gasteiger partial charge in [-0.15, -0.1) is 23.7 Å². The number of benzene rings is 1. The number of carbonyl (C=O) groups is 1. The van der Waals surface area contributed by atoms with Gasteiger partial charge in [0.2, 0.25) is 0 Å². The van der Waals surface area contributed by atoms with Crippen LogP contribution in [-0.2, 0) is 0 Å². The molecule has 1 N–H and O–H groups in total. The van der Waals surface area contributed by atoms with E-state index in [4.69, 9.17) is 4.74 Å². The van der Waals surface area contributed by atoms with Crippen molar-refractivity contribution in [1.82, 2.24) is 10.2 Å². The van der Waals surface area contributed by atoms with Crippen molar-refractivity contribution >= 4 is 29.7 Å². The number of nitrogens with one attached hydrogen (secondary N) is 1. The molecule has 4 nitrogen and oxygen atoms in total. The van der Waals surface area contributed by atoms with Crippen LogP contribution in [-0.4, -0.2) is 43.1 Å². The molecule has 1 amide bonds. The highest BCUT2D eigenvalue weighted by Crippen LogP contribution is 2.34. The first kappa shape index (κ1) is 20.2. The summed E-state index contributed by atoms with van der Waals surface area (Å²) in [5.41, 5.74) is 2.26. The third-order valence-electron chi connectivity index (χ3n) is 5.85. The molecule has 2 aliphatic heterocycles. The van der Waals surface area contributed by atoms with Crippen molar-refractivity contribution in [2.24, 2.45) is 0 Å². The summed E-state index contributed by atoms with van der Waals surface area (Å²) in [6.45, 7) is 2.09. The Morgan fingerprint density at radius 1 is 1.19 bits per heavy atom. The summed E-state index contributed by atoms with van der Waals surface area (Å²) >= 11 is 1.60. The highest BCUT2D eigenvalue weighted by Gasteiger charge is 2.36. The van der Waals surface area contributed by atoms with E-state index < -0.39 is 0 Å². The number of nitrogens with zero attached hydrogens (tertiary/aromatic N) is 1. The highest BCUT2D eigenvalue weighted by atomic mass is 35.5. The summed E-state index contributed by atoms with van der Waals surface area (Å²) in [6, 6.07) is 11.6. The second-order valence-electron chi connectivity index (χ2n) is 7.49. The lowest BCUT2D eigenvalue weighted by Crippen LogP contribution is -2.48. The van der Waals surface area contributed by atoms with Gasteiger partial charge in [-0.1, -0.05) is 12.1 Å². The first-order valence-corrected chi connectivity index (χ1v) is 10.1. The summed E-state index contributed by atoms with van der Waals surface area (Å²) in [7, 11) is 3.64. The minimum atomic E-state index is 0. The van der Waals surface area contributed by atoms with Gasteiger partial charge in [-0.25, -0.2) is 0 Å². The molecule has 1 aromatic carbocycles. The van der Waals surface area contributed by atoms with Crippen LogP contribution < -0.4 is 10.1 Å². The van der Waals surface area contributed by atoms with Gasteiger partial charge in [0.1, 0.15) is 5.75 Å². The summed E-state index contributed by atoms with van der Waals surface area (Å²) < 4.78 is 5.24. The Kier molecular flexibility index (Phi) is 6.14. The minimum Gasteiger partial charge on any atom is -0.497 e. The fraction of sp³-hybridized carbons (Fsp3) is 0.476. The van der Waals surface area contributed by atoms with E-state index in [1.165, 1.54) is 17.7 Å². The van der Waals surface area contributed by atoms with E-state index in [0.717, 1.165) is 34.6 Å². The quantitative estimate of drug-likeness (QED) is 0.812. The van der Waals surface area contributed by atoms with Crippen molar-refractivity contribution in [3.8, 4) is 16.9 Å². The van der Waals surface area contributed by atoms with Gasteiger partial charge in [0, 0.05) is 30.1 Å². The summed E-state index contributed by atoms with van der Waals surface area (Å²) in [5.74, 6) is 1.00. The van der Waals surface area contributed by atoms with E-state index in [9.17, 15) is 4.79 Å². The zero-order valence-electron chi connectivity index (χ0n) is 16.0. The van der Waals surface area contributed by atoms with E-state index in [0.29, 0.717) is 18.1 Å². The predicted octanol–water partition coefficient (Wildman–Crippen LogP) is 4.51. The number of rotatable bonds is 4. The Hall–Kier alpha value is -1.56. The first-order valence-electron chi connectivity index (χ1n) is 9.33. The van der Waals surface area contributed by atoms with Crippen LogP contribution in [0.2, 0.25) is 0 Å². The Balaban J connectivity index is 0.00000210. The smallest absolute Gasteiger partial charge is 0.263 e. The number of piperidine rings is 1. The second kappa shape index (κ2) is 8.21. The third-order valence-corrected chi connectivity index (χ3v) is 6.88. The number of methoxy groups -OCH3 is 1. The molecule has 146 valence electrons. The molecule has 2 saturated heterocycles. The number of carbonyl (C=O) groups excluding carboxylic acids is 1. The van der Waals surface area contributed by atoms with Crippen molar-refractivity contribution in [2.75, 3.05) is 14.2 Å². The Bertz CT molecular complexity index is 793. The fourth-order valence-corrected chi connectivity index (χ4v) is 5.35. The monoisotopic (exact) mass is 406 g/mol. The van der Waals surface area contributed by atoms with Crippen LogP contribution in [0.1, 0.15) is 40.2 Å². The minimum absolute atomic E-state index is 0. The number of hydrogen-bond acceptors (Lipinski definition) is 4. The maximum atomic E-state index is 13.1. The number of aryl methyl sites for hydroxylation is 1. The van der Waals surface area contributed by atoms with Crippen LogP contribution >= 0.6 is 23.7 Å². The molecule has 6 heteroatoms. The van der Waals surface area contributed by atoms with Crippen molar-refractivity contribution in [3.05, 3.63) is 40.1 Å². The molecular weight excluding hydrogens is 380 g/mol. The van der Waals surface area contributed by atoms with E-state index in [1.54, 1.807) is 18.4 Å². The van der Waals surface area contributed by atoms with Gasteiger partial charge >= 0.3 is 0 Å². The molecule has 2 unspecified atom stereocenters. The zero-order valence-corrected chi connectivity index (χ0v) is 17.7. The van der Waals surface area contributed by atoms with Crippen molar-refractivity contribution in [3.63, 3.8) is 0 Å². The molecule has 2 atom stereocenters. The molecule has 2 aromatic rings. The van der Waals surface area contributed by atoms with Crippen LogP contribution in [0.15, 0.2) is 30.3 Å². The van der Waals surface area contributed by atoms with Gasteiger partial charge in [0.25, 0.3) is 5.91 Å².